The number of benzene rings is 3. The van der Waals surface area contributed by atoms with Crippen LogP contribution < -0.4 is 0 Å². The zero-order valence-electron chi connectivity index (χ0n) is 17.8. The molecule has 3 heterocycles. The van der Waals surface area contributed by atoms with Crippen molar-refractivity contribution < 1.29 is 0 Å². The van der Waals surface area contributed by atoms with E-state index in [4.69, 9.17) is 9.97 Å². The number of nitrogens with zero attached hydrogens (tertiary/aromatic N) is 4. The molecule has 0 fully saturated rings. The van der Waals surface area contributed by atoms with Crippen LogP contribution >= 0.6 is 0 Å². The standard InChI is InChI=1S/C29H20N4/c1-3-11-21(12-4-1)23-19-25(22-13-5-2-6-14-22)31-26(20-23)29-32-24-15-7-8-16-27(24)33(29)28-17-9-10-18-30-28/h1-20H. The Kier molecular flexibility index (Phi) is 4.74. The van der Waals surface area contributed by atoms with Crippen LogP contribution in [0.1, 0.15) is 0 Å². The molecule has 0 atom stereocenters. The second-order valence-corrected chi connectivity index (χ2v) is 7.81. The van der Waals surface area contributed by atoms with Crippen molar-refractivity contribution in [3.8, 4) is 39.7 Å². The molecule has 0 aliphatic heterocycles. The third kappa shape index (κ3) is 3.58. The molecule has 0 radical (unpaired) electrons. The van der Waals surface area contributed by atoms with Gasteiger partial charge in [0, 0.05) is 11.8 Å². The molecule has 0 bridgehead atoms. The van der Waals surface area contributed by atoms with Crippen LogP contribution in [0.5, 0.6) is 0 Å². The molecule has 4 heteroatoms. The van der Waals surface area contributed by atoms with Crippen LogP contribution in [-0.2, 0) is 0 Å². The SMILES string of the molecule is c1ccc(-c2cc(-c3ccccc3)nc(-c3nc4ccccc4n3-c3ccccn3)c2)cc1. The van der Waals surface area contributed by atoms with Gasteiger partial charge in [-0.15, -0.1) is 0 Å². The summed E-state index contributed by atoms with van der Waals surface area (Å²) in [7, 11) is 0. The fourth-order valence-electron chi connectivity index (χ4n) is 4.11. The molecule has 4 nitrogen and oxygen atoms in total. The van der Waals surface area contributed by atoms with Gasteiger partial charge in [-0.25, -0.2) is 15.0 Å². The van der Waals surface area contributed by atoms with Crippen LogP contribution in [0.25, 0.3) is 50.8 Å². The van der Waals surface area contributed by atoms with Gasteiger partial charge in [-0.3, -0.25) is 4.57 Å². The van der Waals surface area contributed by atoms with Crippen molar-refractivity contribution in [1.29, 1.82) is 0 Å². The lowest BCUT2D eigenvalue weighted by atomic mass is 10.0. The van der Waals surface area contributed by atoms with E-state index in [1.165, 1.54) is 0 Å². The van der Waals surface area contributed by atoms with Gasteiger partial charge in [0.05, 0.1) is 16.7 Å². The number of para-hydroxylation sites is 2. The Labute approximate surface area is 191 Å². The van der Waals surface area contributed by atoms with Gasteiger partial charge in [0.1, 0.15) is 11.5 Å². The summed E-state index contributed by atoms with van der Waals surface area (Å²) >= 11 is 0. The summed E-state index contributed by atoms with van der Waals surface area (Å²) in [6, 6.07) is 38.9. The van der Waals surface area contributed by atoms with E-state index < -0.39 is 0 Å². The zero-order valence-corrected chi connectivity index (χ0v) is 17.8. The molecule has 0 aliphatic carbocycles. The fraction of sp³-hybridized carbons (Fsp3) is 0. The number of fused-ring (bicyclic) bond motifs is 1. The first-order chi connectivity index (χ1) is 16.4. The van der Waals surface area contributed by atoms with Crippen LogP contribution in [-0.4, -0.2) is 19.5 Å². The molecule has 3 aromatic carbocycles. The van der Waals surface area contributed by atoms with Gasteiger partial charge in [0.2, 0.25) is 0 Å². The maximum Gasteiger partial charge on any atom is 0.165 e. The van der Waals surface area contributed by atoms with Crippen LogP contribution in [0, 0.1) is 0 Å². The van der Waals surface area contributed by atoms with Crippen LogP contribution in [0.3, 0.4) is 0 Å². The fourth-order valence-corrected chi connectivity index (χ4v) is 4.11. The molecule has 33 heavy (non-hydrogen) atoms. The molecule has 6 aromatic rings. The molecular formula is C29H20N4. The molecule has 0 N–H and O–H groups in total. The van der Waals surface area contributed by atoms with Crippen molar-refractivity contribution in [2.75, 3.05) is 0 Å². The van der Waals surface area contributed by atoms with Crippen LogP contribution in [0.2, 0.25) is 0 Å². The van der Waals surface area contributed by atoms with E-state index in [-0.39, 0.29) is 0 Å². The second-order valence-electron chi connectivity index (χ2n) is 7.81. The summed E-state index contributed by atoms with van der Waals surface area (Å²) in [6.45, 7) is 0. The Balaban J connectivity index is 1.65. The van der Waals surface area contributed by atoms with E-state index in [1.807, 2.05) is 60.7 Å². The lowest BCUT2D eigenvalue weighted by Crippen LogP contribution is -2.02. The summed E-state index contributed by atoms with van der Waals surface area (Å²) in [5.74, 6) is 1.58. The third-order valence-corrected chi connectivity index (χ3v) is 5.67. The normalized spacial score (nSPS) is 11.0. The highest BCUT2D eigenvalue weighted by atomic mass is 15.1. The number of hydrogen-bond donors (Lipinski definition) is 0. The number of rotatable bonds is 4. The minimum absolute atomic E-state index is 0.768. The molecule has 0 aliphatic rings. The number of aromatic nitrogens is 4. The average Bonchev–Trinajstić information content (AvgIpc) is 3.30. The monoisotopic (exact) mass is 424 g/mol. The molecule has 156 valence electrons. The molecule has 0 unspecified atom stereocenters. The van der Waals surface area contributed by atoms with Crippen molar-refractivity contribution in [2.45, 2.75) is 0 Å². The number of hydrogen-bond acceptors (Lipinski definition) is 3. The first-order valence-electron chi connectivity index (χ1n) is 10.9. The van der Waals surface area contributed by atoms with E-state index in [0.29, 0.717) is 0 Å². The van der Waals surface area contributed by atoms with Crippen LogP contribution in [0.15, 0.2) is 121 Å². The van der Waals surface area contributed by atoms with Crippen molar-refractivity contribution >= 4 is 11.0 Å². The lowest BCUT2D eigenvalue weighted by molar-refractivity contribution is 1.02. The number of imidazole rings is 1. The topological polar surface area (TPSA) is 43.6 Å². The second kappa shape index (κ2) is 8.17. The van der Waals surface area contributed by atoms with Gasteiger partial charge in [-0.05, 0) is 47.5 Å². The van der Waals surface area contributed by atoms with E-state index in [2.05, 4.69) is 64.1 Å². The van der Waals surface area contributed by atoms with Gasteiger partial charge in [0.15, 0.2) is 5.82 Å². The van der Waals surface area contributed by atoms with E-state index in [9.17, 15) is 0 Å². The molecule has 0 amide bonds. The molecule has 3 aromatic heterocycles. The van der Waals surface area contributed by atoms with Crippen molar-refractivity contribution in [3.05, 3.63) is 121 Å². The first kappa shape index (κ1) is 19.1. The largest absolute Gasteiger partial charge is 0.275 e. The van der Waals surface area contributed by atoms with Gasteiger partial charge in [0.25, 0.3) is 0 Å². The average molecular weight is 425 g/mol. The maximum atomic E-state index is 5.07. The smallest absolute Gasteiger partial charge is 0.165 e. The zero-order chi connectivity index (χ0) is 22.0. The minimum atomic E-state index is 0.768. The quantitative estimate of drug-likeness (QED) is 0.312. The molecule has 0 spiro atoms. The maximum absolute atomic E-state index is 5.07. The van der Waals surface area contributed by atoms with Gasteiger partial charge < -0.3 is 0 Å². The Morgan fingerprint density at radius 3 is 1.94 bits per heavy atom. The minimum Gasteiger partial charge on any atom is -0.275 e. The third-order valence-electron chi connectivity index (χ3n) is 5.67. The predicted octanol–water partition coefficient (Wildman–Crippen LogP) is 6.82. The molecule has 6 rings (SSSR count). The molecule has 0 saturated heterocycles. The van der Waals surface area contributed by atoms with Crippen molar-refractivity contribution in [3.63, 3.8) is 0 Å². The van der Waals surface area contributed by atoms with Crippen LogP contribution in [0.4, 0.5) is 0 Å². The Morgan fingerprint density at radius 1 is 0.515 bits per heavy atom. The Bertz CT molecular complexity index is 1480. The summed E-state index contributed by atoms with van der Waals surface area (Å²) < 4.78 is 2.08. The summed E-state index contributed by atoms with van der Waals surface area (Å²) in [4.78, 5) is 14.7. The lowest BCUT2D eigenvalue weighted by Gasteiger charge is -2.12. The first-order valence-corrected chi connectivity index (χ1v) is 10.9. The van der Waals surface area contributed by atoms with Gasteiger partial charge >= 0.3 is 0 Å². The van der Waals surface area contributed by atoms with E-state index in [0.717, 1.165) is 50.8 Å². The van der Waals surface area contributed by atoms with Gasteiger partial charge in [-0.1, -0.05) is 78.9 Å². The predicted molar refractivity (Wildman–Crippen MR) is 133 cm³/mol. The summed E-state index contributed by atoms with van der Waals surface area (Å²) in [5, 5.41) is 0. The number of pyridine rings is 2. The Hall–Kier alpha value is -4.57. The highest BCUT2D eigenvalue weighted by Crippen LogP contribution is 2.32. The highest BCUT2D eigenvalue weighted by molar-refractivity contribution is 5.84. The summed E-state index contributed by atoms with van der Waals surface area (Å²) in [6.07, 6.45) is 1.80. The van der Waals surface area contributed by atoms with E-state index >= 15 is 0 Å². The molecular weight excluding hydrogens is 404 g/mol. The van der Waals surface area contributed by atoms with Crippen molar-refractivity contribution in [2.24, 2.45) is 0 Å². The molecule has 0 saturated carbocycles. The van der Waals surface area contributed by atoms with E-state index in [1.54, 1.807) is 6.20 Å². The van der Waals surface area contributed by atoms with Gasteiger partial charge in [-0.2, -0.15) is 0 Å². The van der Waals surface area contributed by atoms with Crippen molar-refractivity contribution in [1.82, 2.24) is 19.5 Å². The highest BCUT2D eigenvalue weighted by Gasteiger charge is 2.18. The summed E-state index contributed by atoms with van der Waals surface area (Å²) in [5.41, 5.74) is 6.92. The Morgan fingerprint density at radius 2 is 1.18 bits per heavy atom.